The highest BCUT2D eigenvalue weighted by molar-refractivity contribution is 6.25. The maximum Gasteiger partial charge on any atom is 0.269 e. The lowest BCUT2D eigenvalue weighted by Crippen LogP contribution is -2.54. The van der Waals surface area contributed by atoms with Gasteiger partial charge in [0.2, 0.25) is 17.7 Å². The van der Waals surface area contributed by atoms with Crippen molar-refractivity contribution in [2.45, 2.75) is 31.3 Å². The molecule has 32 heavy (non-hydrogen) atoms. The SMILES string of the molecule is Cc1ccc2c(c1)[C@]1(C(=O)N2)[C@@H]2C(=O)N(c3ccc([N+](=O)[O-])cc3)C(=O)[C@H]2[C@@H]2CCCN21. The molecule has 4 atom stereocenters. The number of fused-ring (bicyclic) bond motifs is 7. The summed E-state index contributed by atoms with van der Waals surface area (Å²) in [5.41, 5.74) is 1.38. The van der Waals surface area contributed by atoms with Gasteiger partial charge in [0, 0.05) is 29.4 Å². The lowest BCUT2D eigenvalue weighted by Gasteiger charge is -2.36. The van der Waals surface area contributed by atoms with Crippen LogP contribution in [0.5, 0.6) is 0 Å². The van der Waals surface area contributed by atoms with E-state index in [1.54, 1.807) is 0 Å². The Morgan fingerprint density at radius 3 is 2.56 bits per heavy atom. The predicted molar refractivity (Wildman–Crippen MR) is 114 cm³/mol. The first-order valence-electron chi connectivity index (χ1n) is 10.7. The maximum atomic E-state index is 13.8. The fourth-order valence-corrected chi connectivity index (χ4v) is 6.29. The zero-order chi connectivity index (χ0) is 22.4. The minimum absolute atomic E-state index is 0.119. The van der Waals surface area contributed by atoms with E-state index in [4.69, 9.17) is 0 Å². The number of carbonyl (C=O) groups is 3. The molecule has 0 bridgehead atoms. The number of rotatable bonds is 2. The third-order valence-electron chi connectivity index (χ3n) is 7.47. The second kappa shape index (κ2) is 6.23. The summed E-state index contributed by atoms with van der Waals surface area (Å²) in [7, 11) is 0. The normalized spacial score (nSPS) is 30.6. The highest BCUT2D eigenvalue weighted by Gasteiger charge is 2.74. The average molecular weight is 432 g/mol. The molecule has 0 aromatic heterocycles. The van der Waals surface area contributed by atoms with Gasteiger partial charge in [-0.05, 0) is 44.5 Å². The number of nitro benzene ring substituents is 1. The van der Waals surface area contributed by atoms with E-state index in [1.807, 2.05) is 25.1 Å². The van der Waals surface area contributed by atoms with Gasteiger partial charge >= 0.3 is 0 Å². The molecule has 3 saturated heterocycles. The number of nitrogens with zero attached hydrogens (tertiary/aromatic N) is 3. The number of nitrogens with one attached hydrogen (secondary N) is 1. The topological polar surface area (TPSA) is 113 Å². The van der Waals surface area contributed by atoms with Gasteiger partial charge in [-0.15, -0.1) is 0 Å². The van der Waals surface area contributed by atoms with Crippen LogP contribution < -0.4 is 10.2 Å². The van der Waals surface area contributed by atoms with Crippen molar-refractivity contribution in [1.29, 1.82) is 0 Å². The molecular formula is C23H20N4O5. The monoisotopic (exact) mass is 432 g/mol. The van der Waals surface area contributed by atoms with Gasteiger partial charge in [-0.3, -0.25) is 29.4 Å². The Morgan fingerprint density at radius 1 is 1.09 bits per heavy atom. The number of nitro groups is 1. The summed E-state index contributed by atoms with van der Waals surface area (Å²) in [6.45, 7) is 2.59. The Morgan fingerprint density at radius 2 is 1.84 bits per heavy atom. The molecule has 6 rings (SSSR count). The van der Waals surface area contributed by atoms with E-state index in [0.29, 0.717) is 17.9 Å². The van der Waals surface area contributed by atoms with Crippen LogP contribution in [0.25, 0.3) is 0 Å². The van der Waals surface area contributed by atoms with E-state index in [1.165, 1.54) is 24.3 Å². The lowest BCUT2D eigenvalue weighted by atomic mass is 9.75. The van der Waals surface area contributed by atoms with Gasteiger partial charge < -0.3 is 5.32 Å². The standard InChI is InChI=1S/C23H20N4O5/c1-12-4-9-16-15(11-12)23(22(30)24-16)19-18(17-3-2-10-25(17)23)20(28)26(21(19)29)13-5-7-14(8-6-13)27(31)32/h4-9,11,17-19H,2-3,10H2,1H3,(H,24,30)/t17-,18-,19-,23+/m0/s1. The van der Waals surface area contributed by atoms with Crippen molar-refractivity contribution < 1.29 is 19.3 Å². The van der Waals surface area contributed by atoms with Gasteiger partial charge in [0.05, 0.1) is 22.4 Å². The van der Waals surface area contributed by atoms with Crippen LogP contribution in [0.1, 0.15) is 24.0 Å². The minimum atomic E-state index is -1.21. The molecule has 2 aromatic carbocycles. The quantitative estimate of drug-likeness (QED) is 0.443. The molecule has 1 N–H and O–H groups in total. The van der Waals surface area contributed by atoms with Gasteiger partial charge in [0.25, 0.3) is 5.69 Å². The van der Waals surface area contributed by atoms with Crippen molar-refractivity contribution in [3.8, 4) is 0 Å². The smallest absolute Gasteiger partial charge is 0.269 e. The van der Waals surface area contributed by atoms with E-state index < -0.39 is 28.2 Å². The second-order valence-electron chi connectivity index (χ2n) is 8.96. The molecule has 3 fully saturated rings. The molecule has 0 saturated carbocycles. The number of aryl methyl sites for hydroxylation is 1. The number of hydrogen-bond donors (Lipinski definition) is 1. The summed E-state index contributed by atoms with van der Waals surface area (Å²) < 4.78 is 0. The first kappa shape index (κ1) is 19.1. The molecule has 4 heterocycles. The van der Waals surface area contributed by atoms with Gasteiger partial charge in [-0.25, -0.2) is 4.90 Å². The van der Waals surface area contributed by atoms with Crippen molar-refractivity contribution in [3.63, 3.8) is 0 Å². The zero-order valence-corrected chi connectivity index (χ0v) is 17.3. The molecule has 0 radical (unpaired) electrons. The highest BCUT2D eigenvalue weighted by Crippen LogP contribution is 2.60. The molecular weight excluding hydrogens is 412 g/mol. The third-order valence-corrected chi connectivity index (χ3v) is 7.47. The molecule has 4 aliphatic rings. The number of benzene rings is 2. The summed E-state index contributed by atoms with van der Waals surface area (Å²) in [5.74, 6) is -2.48. The number of hydrogen-bond acceptors (Lipinski definition) is 6. The molecule has 162 valence electrons. The Kier molecular flexibility index (Phi) is 3.72. The van der Waals surface area contributed by atoms with Crippen molar-refractivity contribution in [2.24, 2.45) is 11.8 Å². The van der Waals surface area contributed by atoms with Crippen molar-refractivity contribution >= 4 is 34.8 Å². The van der Waals surface area contributed by atoms with Gasteiger partial charge in [0.1, 0.15) is 5.54 Å². The average Bonchev–Trinajstić information content (AvgIpc) is 3.47. The summed E-state index contributed by atoms with van der Waals surface area (Å²) in [4.78, 5) is 54.6. The minimum Gasteiger partial charge on any atom is -0.324 e. The molecule has 4 aliphatic heterocycles. The van der Waals surface area contributed by atoms with Crippen LogP contribution in [0.3, 0.4) is 0 Å². The van der Waals surface area contributed by atoms with Crippen LogP contribution in [-0.4, -0.2) is 40.1 Å². The van der Waals surface area contributed by atoms with Crippen LogP contribution in [0.4, 0.5) is 17.1 Å². The fourth-order valence-electron chi connectivity index (χ4n) is 6.29. The second-order valence-corrected chi connectivity index (χ2v) is 8.96. The van der Waals surface area contributed by atoms with Gasteiger partial charge in [-0.1, -0.05) is 17.7 Å². The lowest BCUT2D eigenvalue weighted by molar-refractivity contribution is -0.384. The molecule has 3 amide bonds. The van der Waals surface area contributed by atoms with Crippen LogP contribution in [0, 0.1) is 28.9 Å². The fraction of sp³-hybridized carbons (Fsp3) is 0.348. The summed E-state index contributed by atoms with van der Waals surface area (Å²) in [6.07, 6.45) is 1.59. The van der Waals surface area contributed by atoms with Gasteiger partial charge in [0.15, 0.2) is 0 Å². The summed E-state index contributed by atoms with van der Waals surface area (Å²) in [5, 5.41) is 14.0. The Bertz CT molecular complexity index is 1230. The first-order valence-corrected chi connectivity index (χ1v) is 10.7. The van der Waals surface area contributed by atoms with E-state index in [2.05, 4.69) is 10.2 Å². The Hall–Kier alpha value is -3.59. The molecule has 2 aromatic rings. The maximum absolute atomic E-state index is 13.8. The van der Waals surface area contributed by atoms with Crippen LogP contribution in [0.15, 0.2) is 42.5 Å². The predicted octanol–water partition coefficient (Wildman–Crippen LogP) is 2.33. The number of carbonyl (C=O) groups excluding carboxylic acids is 3. The third kappa shape index (κ3) is 2.13. The van der Waals surface area contributed by atoms with Crippen LogP contribution >= 0.6 is 0 Å². The number of imide groups is 1. The van der Waals surface area contributed by atoms with Crippen molar-refractivity contribution in [3.05, 3.63) is 63.7 Å². The van der Waals surface area contributed by atoms with E-state index in [0.717, 1.165) is 28.9 Å². The number of anilines is 2. The van der Waals surface area contributed by atoms with E-state index in [9.17, 15) is 24.5 Å². The number of non-ortho nitro benzene ring substituents is 1. The molecule has 0 unspecified atom stereocenters. The zero-order valence-electron chi connectivity index (χ0n) is 17.3. The number of amides is 3. The Labute approximate surface area is 183 Å². The molecule has 0 aliphatic carbocycles. The van der Waals surface area contributed by atoms with Gasteiger partial charge in [-0.2, -0.15) is 0 Å². The highest BCUT2D eigenvalue weighted by atomic mass is 16.6. The molecule has 9 nitrogen and oxygen atoms in total. The van der Waals surface area contributed by atoms with Crippen LogP contribution in [-0.2, 0) is 19.9 Å². The molecule has 1 spiro atoms. The van der Waals surface area contributed by atoms with E-state index in [-0.39, 0.29) is 23.5 Å². The Balaban J connectivity index is 1.51. The first-order chi connectivity index (χ1) is 15.4. The van der Waals surface area contributed by atoms with Crippen LogP contribution in [0.2, 0.25) is 0 Å². The summed E-state index contributed by atoms with van der Waals surface area (Å²) >= 11 is 0. The largest absolute Gasteiger partial charge is 0.324 e. The molecule has 9 heteroatoms. The van der Waals surface area contributed by atoms with Crippen molar-refractivity contribution in [2.75, 3.05) is 16.8 Å². The van der Waals surface area contributed by atoms with E-state index >= 15 is 0 Å². The van der Waals surface area contributed by atoms with Crippen molar-refractivity contribution in [1.82, 2.24) is 4.90 Å². The summed E-state index contributed by atoms with van der Waals surface area (Å²) in [6, 6.07) is 10.9.